The van der Waals surface area contributed by atoms with Crippen LogP contribution >= 0.6 is 11.6 Å². The Morgan fingerprint density at radius 1 is 1.11 bits per heavy atom. The van der Waals surface area contributed by atoms with Crippen LogP contribution in [-0.2, 0) is 7.05 Å². The molecule has 0 radical (unpaired) electrons. The van der Waals surface area contributed by atoms with Crippen molar-refractivity contribution < 1.29 is 5.11 Å². The second-order valence-electron chi connectivity index (χ2n) is 6.99. The standard InChI is InChI=1S/C21H18ClN5O/c1-26-18(5-7-25-26)13-2-3-15(17(22)8-13)21(28)9-19-14-4-6-23-10-16(14)20-11-24-12-27(19)20/h2-8,10-12,19,21,28H,9H2,1H3. The highest BCUT2D eigenvalue weighted by atomic mass is 35.5. The van der Waals surface area contributed by atoms with Crippen molar-refractivity contribution in [3.8, 4) is 22.5 Å². The zero-order valence-electron chi connectivity index (χ0n) is 15.2. The Morgan fingerprint density at radius 2 is 2.00 bits per heavy atom. The van der Waals surface area contributed by atoms with Gasteiger partial charge in [0, 0.05) is 48.2 Å². The van der Waals surface area contributed by atoms with Gasteiger partial charge < -0.3 is 9.67 Å². The number of benzene rings is 1. The topological polar surface area (TPSA) is 68.8 Å². The summed E-state index contributed by atoms with van der Waals surface area (Å²) in [7, 11) is 1.89. The van der Waals surface area contributed by atoms with Crippen LogP contribution in [0.15, 0.2) is 61.4 Å². The molecule has 1 aliphatic heterocycles. The maximum atomic E-state index is 11.0. The average Bonchev–Trinajstić information content (AvgIpc) is 3.39. The highest BCUT2D eigenvalue weighted by molar-refractivity contribution is 6.31. The summed E-state index contributed by atoms with van der Waals surface area (Å²) in [5.41, 5.74) is 5.90. The third-order valence-electron chi connectivity index (χ3n) is 5.41. The SMILES string of the molecule is Cn1nccc1-c1ccc(C(O)CC2c3ccncc3-c3cncn32)c(Cl)c1. The lowest BCUT2D eigenvalue weighted by atomic mass is 9.96. The first-order chi connectivity index (χ1) is 13.6. The maximum Gasteiger partial charge on any atom is 0.0956 e. The third kappa shape index (κ3) is 2.65. The monoisotopic (exact) mass is 391 g/mol. The van der Waals surface area contributed by atoms with Gasteiger partial charge in [-0.1, -0.05) is 23.7 Å². The van der Waals surface area contributed by atoms with Crippen molar-refractivity contribution in [2.45, 2.75) is 18.6 Å². The van der Waals surface area contributed by atoms with Crippen molar-refractivity contribution in [1.82, 2.24) is 24.3 Å². The number of aliphatic hydroxyl groups is 1. The second kappa shape index (κ2) is 6.58. The minimum atomic E-state index is -0.701. The van der Waals surface area contributed by atoms with E-state index < -0.39 is 6.10 Å². The fourth-order valence-electron chi connectivity index (χ4n) is 4.01. The van der Waals surface area contributed by atoms with Gasteiger partial charge >= 0.3 is 0 Å². The van der Waals surface area contributed by atoms with Crippen LogP contribution in [0.2, 0.25) is 5.02 Å². The summed E-state index contributed by atoms with van der Waals surface area (Å²) < 4.78 is 3.89. The van der Waals surface area contributed by atoms with Crippen molar-refractivity contribution in [1.29, 1.82) is 0 Å². The van der Waals surface area contributed by atoms with Crippen LogP contribution in [0.1, 0.15) is 29.7 Å². The molecule has 0 saturated carbocycles. The maximum absolute atomic E-state index is 11.0. The van der Waals surface area contributed by atoms with Gasteiger partial charge in [-0.3, -0.25) is 9.67 Å². The molecule has 1 N–H and O–H groups in total. The highest BCUT2D eigenvalue weighted by Gasteiger charge is 2.31. The smallest absolute Gasteiger partial charge is 0.0956 e. The Kier molecular flexibility index (Phi) is 4.03. The zero-order chi connectivity index (χ0) is 19.3. The first kappa shape index (κ1) is 17.2. The van der Waals surface area contributed by atoms with Crippen LogP contribution in [0.5, 0.6) is 0 Å². The first-order valence-electron chi connectivity index (χ1n) is 9.05. The number of rotatable bonds is 4. The number of fused-ring (bicyclic) bond motifs is 3. The third-order valence-corrected chi connectivity index (χ3v) is 5.74. The number of imidazole rings is 1. The molecule has 0 saturated heterocycles. The molecule has 2 unspecified atom stereocenters. The molecule has 1 aromatic carbocycles. The molecule has 0 bridgehead atoms. The van der Waals surface area contributed by atoms with Crippen LogP contribution in [0.3, 0.4) is 0 Å². The Hall–Kier alpha value is -2.96. The highest BCUT2D eigenvalue weighted by Crippen LogP contribution is 2.43. The molecule has 0 spiro atoms. The fourth-order valence-corrected chi connectivity index (χ4v) is 4.32. The van der Waals surface area contributed by atoms with Crippen molar-refractivity contribution in [2.75, 3.05) is 0 Å². The van der Waals surface area contributed by atoms with E-state index in [1.807, 2.05) is 49.8 Å². The summed E-state index contributed by atoms with van der Waals surface area (Å²) in [6, 6.07) is 9.69. The minimum absolute atomic E-state index is 0.00156. The van der Waals surface area contributed by atoms with E-state index in [0.717, 1.165) is 33.6 Å². The van der Waals surface area contributed by atoms with Crippen LogP contribution in [0.25, 0.3) is 22.5 Å². The quantitative estimate of drug-likeness (QED) is 0.570. The number of aryl methyl sites for hydroxylation is 1. The molecule has 7 heteroatoms. The molecule has 0 fully saturated rings. The normalized spacial score (nSPS) is 16.0. The number of hydrogen-bond donors (Lipinski definition) is 1. The van der Waals surface area contributed by atoms with E-state index >= 15 is 0 Å². The van der Waals surface area contributed by atoms with Crippen molar-refractivity contribution in [2.24, 2.45) is 7.05 Å². The van der Waals surface area contributed by atoms with E-state index in [4.69, 9.17) is 11.6 Å². The summed E-state index contributed by atoms with van der Waals surface area (Å²) in [5, 5.41) is 15.7. The molecule has 4 heterocycles. The number of halogens is 1. The van der Waals surface area contributed by atoms with Gasteiger partial charge in [-0.05, 0) is 29.3 Å². The van der Waals surface area contributed by atoms with Crippen LogP contribution in [0.4, 0.5) is 0 Å². The van der Waals surface area contributed by atoms with Crippen molar-refractivity contribution in [3.63, 3.8) is 0 Å². The van der Waals surface area contributed by atoms with Gasteiger partial charge in [-0.25, -0.2) is 4.98 Å². The van der Waals surface area contributed by atoms with Gasteiger partial charge in [0.1, 0.15) is 0 Å². The predicted octanol–water partition coefficient (Wildman–Crippen LogP) is 4.03. The largest absolute Gasteiger partial charge is 0.388 e. The minimum Gasteiger partial charge on any atom is -0.388 e. The van der Waals surface area contributed by atoms with Gasteiger partial charge in [-0.2, -0.15) is 5.10 Å². The molecule has 0 aliphatic carbocycles. The summed E-state index contributed by atoms with van der Waals surface area (Å²) in [6.45, 7) is 0. The van der Waals surface area contributed by atoms with Crippen LogP contribution < -0.4 is 0 Å². The summed E-state index contributed by atoms with van der Waals surface area (Å²) in [5.74, 6) is 0. The summed E-state index contributed by atoms with van der Waals surface area (Å²) in [6.07, 6.45) is 8.83. The Morgan fingerprint density at radius 3 is 2.79 bits per heavy atom. The predicted molar refractivity (Wildman–Crippen MR) is 107 cm³/mol. The number of nitrogens with zero attached hydrogens (tertiary/aromatic N) is 5. The number of aromatic nitrogens is 5. The van der Waals surface area contributed by atoms with Gasteiger partial charge in [0.05, 0.1) is 36.1 Å². The second-order valence-corrected chi connectivity index (χ2v) is 7.40. The first-order valence-corrected chi connectivity index (χ1v) is 9.43. The summed E-state index contributed by atoms with van der Waals surface area (Å²) >= 11 is 6.54. The van der Waals surface area contributed by atoms with Crippen LogP contribution in [-0.4, -0.2) is 29.4 Å². The molecule has 5 rings (SSSR count). The van der Waals surface area contributed by atoms with E-state index in [2.05, 4.69) is 19.6 Å². The van der Waals surface area contributed by atoms with Crippen molar-refractivity contribution >= 4 is 11.6 Å². The van der Waals surface area contributed by atoms with Gasteiger partial charge in [0.25, 0.3) is 0 Å². The molecule has 4 aromatic rings. The molecule has 28 heavy (non-hydrogen) atoms. The zero-order valence-corrected chi connectivity index (χ0v) is 16.0. The fraction of sp³-hybridized carbons (Fsp3) is 0.190. The van der Waals surface area contributed by atoms with E-state index in [1.165, 1.54) is 0 Å². The summed E-state index contributed by atoms with van der Waals surface area (Å²) in [4.78, 5) is 8.49. The molecule has 0 amide bonds. The lowest BCUT2D eigenvalue weighted by molar-refractivity contribution is 0.154. The Balaban J connectivity index is 1.45. The Bertz CT molecular complexity index is 1170. The number of aliphatic hydroxyl groups excluding tert-OH is 1. The van der Waals surface area contributed by atoms with E-state index in [1.54, 1.807) is 23.4 Å². The molecular weight excluding hydrogens is 374 g/mol. The number of pyridine rings is 1. The van der Waals surface area contributed by atoms with Crippen LogP contribution in [0, 0.1) is 0 Å². The van der Waals surface area contributed by atoms with Gasteiger partial charge in [0.2, 0.25) is 0 Å². The molecular formula is C21H18ClN5O. The molecule has 1 aliphatic rings. The van der Waals surface area contributed by atoms with E-state index in [-0.39, 0.29) is 6.04 Å². The van der Waals surface area contributed by atoms with Gasteiger partial charge in [-0.15, -0.1) is 0 Å². The average molecular weight is 392 g/mol. The molecule has 6 nitrogen and oxygen atoms in total. The lowest BCUT2D eigenvalue weighted by Crippen LogP contribution is -2.11. The van der Waals surface area contributed by atoms with E-state index in [0.29, 0.717) is 11.4 Å². The Labute approximate surface area is 167 Å². The lowest BCUT2D eigenvalue weighted by Gasteiger charge is -2.20. The molecule has 140 valence electrons. The van der Waals surface area contributed by atoms with E-state index in [9.17, 15) is 5.11 Å². The molecule has 2 atom stereocenters. The van der Waals surface area contributed by atoms with Crippen molar-refractivity contribution in [3.05, 3.63) is 77.6 Å². The number of hydrogen-bond acceptors (Lipinski definition) is 4. The van der Waals surface area contributed by atoms with Gasteiger partial charge in [0.15, 0.2) is 0 Å². The molecule has 3 aromatic heterocycles.